The molecule has 2 saturated heterocycles. The average Bonchev–Trinajstić information content (AvgIpc) is 3.63. The van der Waals surface area contributed by atoms with Gasteiger partial charge in [0.15, 0.2) is 5.82 Å². The molecule has 180 valence electrons. The number of carbonyl (C=O) groups is 1. The second-order valence-electron chi connectivity index (χ2n) is 12.9. The number of urea groups is 1. The summed E-state index contributed by atoms with van der Waals surface area (Å²) in [7, 11) is 0. The molecule has 2 spiro atoms. The van der Waals surface area contributed by atoms with Gasteiger partial charge in [-0.05, 0) is 70.3 Å². The van der Waals surface area contributed by atoms with Crippen molar-refractivity contribution in [3.05, 3.63) is 29.6 Å². The number of aryl methyl sites for hydroxylation is 1. The SMILES string of the molecule is Cc1cc(C2CC2)nn1CC1CC2(C1)CN(C(=O)N1CC3(CC(n4cnc(C5CC5)n4)C3)C1)C2. The zero-order chi connectivity index (χ0) is 22.7. The lowest BCUT2D eigenvalue weighted by molar-refractivity contribution is -0.109. The summed E-state index contributed by atoms with van der Waals surface area (Å²) in [6.45, 7) is 7.03. The number of hydrogen-bond acceptors (Lipinski definition) is 4. The number of carbonyl (C=O) groups excluding carboxylic acids is 1. The Kier molecular flexibility index (Phi) is 3.88. The number of aromatic nitrogens is 5. The maximum atomic E-state index is 13.0. The summed E-state index contributed by atoms with van der Waals surface area (Å²) < 4.78 is 4.33. The highest BCUT2D eigenvalue weighted by atomic mass is 16.2. The molecule has 6 fully saturated rings. The molecule has 8 rings (SSSR count). The molecule has 2 aromatic rings. The maximum Gasteiger partial charge on any atom is 0.320 e. The van der Waals surface area contributed by atoms with E-state index in [1.54, 1.807) is 0 Å². The van der Waals surface area contributed by atoms with Crippen LogP contribution in [0.2, 0.25) is 0 Å². The van der Waals surface area contributed by atoms with E-state index in [0.29, 0.717) is 22.8 Å². The van der Waals surface area contributed by atoms with Crippen molar-refractivity contribution in [3.8, 4) is 0 Å². The zero-order valence-corrected chi connectivity index (χ0v) is 20.2. The molecular formula is C26H35N7O. The largest absolute Gasteiger partial charge is 0.323 e. The van der Waals surface area contributed by atoms with Crippen molar-refractivity contribution in [1.82, 2.24) is 34.3 Å². The van der Waals surface area contributed by atoms with E-state index in [0.717, 1.165) is 63.2 Å². The highest BCUT2D eigenvalue weighted by Crippen LogP contribution is 2.56. The molecule has 4 heterocycles. The molecule has 2 aliphatic heterocycles. The van der Waals surface area contributed by atoms with E-state index in [1.807, 2.05) is 6.33 Å². The first-order valence-electron chi connectivity index (χ1n) is 13.5. The Morgan fingerprint density at radius 2 is 1.59 bits per heavy atom. The standard InChI is InChI=1S/C26H35N7O/c1-17-6-22(19-2-3-19)28-32(17)11-18-7-25(8-18)12-30(13-25)24(34)31-14-26(15-31)9-21(10-26)33-16-27-23(29-33)20-4-5-20/h6,16,18-21H,2-5,7-15H2,1H3. The Hall–Kier alpha value is -2.38. The van der Waals surface area contributed by atoms with Gasteiger partial charge in [-0.25, -0.2) is 14.5 Å². The van der Waals surface area contributed by atoms with Crippen LogP contribution in [0.3, 0.4) is 0 Å². The predicted octanol–water partition coefficient (Wildman–Crippen LogP) is 3.71. The van der Waals surface area contributed by atoms with Crippen LogP contribution in [-0.2, 0) is 6.54 Å². The predicted molar refractivity (Wildman–Crippen MR) is 125 cm³/mol. The molecule has 0 N–H and O–H groups in total. The summed E-state index contributed by atoms with van der Waals surface area (Å²) in [4.78, 5) is 21.7. The molecule has 0 aromatic carbocycles. The van der Waals surface area contributed by atoms with Crippen molar-refractivity contribution in [1.29, 1.82) is 0 Å². The van der Waals surface area contributed by atoms with Crippen LogP contribution in [0.5, 0.6) is 0 Å². The summed E-state index contributed by atoms with van der Waals surface area (Å²) in [6.07, 6.45) is 11.8. The van der Waals surface area contributed by atoms with Crippen molar-refractivity contribution < 1.29 is 4.79 Å². The van der Waals surface area contributed by atoms with Crippen LogP contribution in [0.4, 0.5) is 4.79 Å². The first-order valence-corrected chi connectivity index (χ1v) is 13.5. The second-order valence-corrected chi connectivity index (χ2v) is 12.9. The lowest BCUT2D eigenvalue weighted by Crippen LogP contribution is -2.71. The average molecular weight is 462 g/mol. The van der Waals surface area contributed by atoms with Crippen LogP contribution in [-0.4, -0.2) is 66.6 Å². The van der Waals surface area contributed by atoms with Crippen molar-refractivity contribution in [2.45, 2.75) is 82.7 Å². The summed E-state index contributed by atoms with van der Waals surface area (Å²) in [5.74, 6) is 3.11. The van der Waals surface area contributed by atoms with Gasteiger partial charge in [-0.3, -0.25) is 4.68 Å². The Morgan fingerprint density at radius 3 is 2.24 bits per heavy atom. The fourth-order valence-electron chi connectivity index (χ4n) is 7.47. The highest BCUT2D eigenvalue weighted by Gasteiger charge is 2.58. The quantitative estimate of drug-likeness (QED) is 0.681. The Morgan fingerprint density at radius 1 is 0.941 bits per heavy atom. The van der Waals surface area contributed by atoms with E-state index in [1.165, 1.54) is 49.9 Å². The van der Waals surface area contributed by atoms with Gasteiger partial charge in [0.1, 0.15) is 6.33 Å². The van der Waals surface area contributed by atoms with E-state index in [4.69, 9.17) is 10.2 Å². The van der Waals surface area contributed by atoms with Crippen LogP contribution in [0.1, 0.15) is 86.5 Å². The van der Waals surface area contributed by atoms with E-state index < -0.39 is 0 Å². The molecule has 0 bridgehead atoms. The number of likely N-dealkylation sites (tertiary alicyclic amines) is 2. The van der Waals surface area contributed by atoms with Gasteiger partial charge in [-0.2, -0.15) is 10.2 Å². The summed E-state index contributed by atoms with van der Waals surface area (Å²) >= 11 is 0. The molecule has 8 nitrogen and oxygen atoms in total. The van der Waals surface area contributed by atoms with Gasteiger partial charge in [-0.1, -0.05) is 0 Å². The van der Waals surface area contributed by atoms with Gasteiger partial charge < -0.3 is 9.80 Å². The zero-order valence-electron chi connectivity index (χ0n) is 20.2. The number of amides is 2. The third kappa shape index (κ3) is 3.09. The fourth-order valence-corrected chi connectivity index (χ4v) is 7.47. The third-order valence-electron chi connectivity index (χ3n) is 9.70. The lowest BCUT2D eigenvalue weighted by atomic mass is 9.57. The van der Waals surface area contributed by atoms with E-state index in [9.17, 15) is 4.79 Å². The Labute approximate surface area is 200 Å². The van der Waals surface area contributed by atoms with Crippen LogP contribution < -0.4 is 0 Å². The molecule has 0 atom stereocenters. The summed E-state index contributed by atoms with van der Waals surface area (Å²) in [5, 5.41) is 9.58. The van der Waals surface area contributed by atoms with Gasteiger partial charge in [-0.15, -0.1) is 0 Å². The van der Waals surface area contributed by atoms with Crippen LogP contribution in [0.25, 0.3) is 0 Å². The number of nitrogens with zero attached hydrogens (tertiary/aromatic N) is 7. The molecule has 0 unspecified atom stereocenters. The molecule has 4 saturated carbocycles. The molecule has 6 aliphatic rings. The highest BCUT2D eigenvalue weighted by molar-refractivity contribution is 5.77. The van der Waals surface area contributed by atoms with Gasteiger partial charge in [0, 0.05) is 61.1 Å². The van der Waals surface area contributed by atoms with E-state index in [2.05, 4.69) is 37.1 Å². The molecular weight excluding hydrogens is 426 g/mol. The summed E-state index contributed by atoms with van der Waals surface area (Å²) in [5.41, 5.74) is 3.36. The molecule has 0 radical (unpaired) electrons. The van der Waals surface area contributed by atoms with Crippen molar-refractivity contribution in [2.75, 3.05) is 26.2 Å². The molecule has 4 aliphatic carbocycles. The smallest absolute Gasteiger partial charge is 0.320 e. The normalized spacial score (nSPS) is 27.4. The van der Waals surface area contributed by atoms with Gasteiger partial charge in [0.2, 0.25) is 0 Å². The molecule has 8 heteroatoms. The topological polar surface area (TPSA) is 72.1 Å². The first kappa shape index (κ1) is 19.9. The van der Waals surface area contributed by atoms with Crippen molar-refractivity contribution in [3.63, 3.8) is 0 Å². The lowest BCUT2D eigenvalue weighted by Gasteiger charge is -2.63. The Bertz CT molecular complexity index is 1130. The van der Waals surface area contributed by atoms with Crippen LogP contribution in [0.15, 0.2) is 12.4 Å². The minimum absolute atomic E-state index is 0.275. The molecule has 34 heavy (non-hydrogen) atoms. The monoisotopic (exact) mass is 461 g/mol. The maximum absolute atomic E-state index is 13.0. The first-order chi connectivity index (χ1) is 16.5. The van der Waals surface area contributed by atoms with Gasteiger partial charge >= 0.3 is 6.03 Å². The second kappa shape index (κ2) is 6.64. The van der Waals surface area contributed by atoms with Crippen molar-refractivity contribution in [2.24, 2.45) is 16.7 Å². The number of rotatable bonds is 5. The van der Waals surface area contributed by atoms with Gasteiger partial charge in [0.05, 0.1) is 11.7 Å². The summed E-state index contributed by atoms with van der Waals surface area (Å²) in [6, 6.07) is 3.05. The number of hydrogen-bond donors (Lipinski definition) is 0. The molecule has 2 amide bonds. The minimum atomic E-state index is 0.275. The Balaban J connectivity index is 0.790. The van der Waals surface area contributed by atoms with Crippen LogP contribution in [0, 0.1) is 23.7 Å². The van der Waals surface area contributed by atoms with Crippen LogP contribution >= 0.6 is 0 Å². The van der Waals surface area contributed by atoms with Crippen molar-refractivity contribution >= 4 is 6.03 Å². The van der Waals surface area contributed by atoms with Gasteiger partial charge in [0.25, 0.3) is 0 Å². The minimum Gasteiger partial charge on any atom is -0.323 e. The van der Waals surface area contributed by atoms with E-state index in [-0.39, 0.29) is 6.03 Å². The molecule has 2 aromatic heterocycles. The third-order valence-corrected chi connectivity index (χ3v) is 9.70. The van der Waals surface area contributed by atoms with E-state index >= 15 is 0 Å². The fraction of sp³-hybridized carbons (Fsp3) is 0.769.